The Bertz CT molecular complexity index is 1310. The Kier molecular flexibility index (Phi) is 9.35. The fourth-order valence-electron chi connectivity index (χ4n) is 4.03. The Morgan fingerprint density at radius 1 is 1.00 bits per heavy atom. The van der Waals surface area contributed by atoms with Crippen molar-refractivity contribution in [3.63, 3.8) is 0 Å². The van der Waals surface area contributed by atoms with Crippen molar-refractivity contribution in [2.75, 3.05) is 43.0 Å². The van der Waals surface area contributed by atoms with Gasteiger partial charge in [0.1, 0.15) is 5.75 Å². The number of anilines is 2. The van der Waals surface area contributed by atoms with Crippen LogP contribution >= 0.6 is 23.8 Å². The molecule has 1 aliphatic rings. The minimum absolute atomic E-state index is 0.0242. The summed E-state index contributed by atoms with van der Waals surface area (Å²) in [7, 11) is 0. The van der Waals surface area contributed by atoms with Crippen LogP contribution in [0.5, 0.6) is 5.75 Å². The number of nitrogens with one attached hydrogen (secondary N) is 2. The zero-order chi connectivity index (χ0) is 26.9. The molecule has 0 bridgehead atoms. The van der Waals surface area contributed by atoms with Crippen LogP contribution in [0.1, 0.15) is 22.8 Å². The zero-order valence-electron chi connectivity index (χ0n) is 21.0. The van der Waals surface area contributed by atoms with Crippen LogP contribution in [0, 0.1) is 0 Å². The Hall–Kier alpha value is -3.88. The minimum atomic E-state index is -0.366. The van der Waals surface area contributed by atoms with Crippen LogP contribution < -0.4 is 20.3 Å². The van der Waals surface area contributed by atoms with Crippen molar-refractivity contribution >= 4 is 58.2 Å². The van der Waals surface area contributed by atoms with Gasteiger partial charge in [0.2, 0.25) is 5.91 Å². The van der Waals surface area contributed by atoms with Crippen LogP contribution in [-0.2, 0) is 4.79 Å². The highest BCUT2D eigenvalue weighted by Crippen LogP contribution is 2.25. The number of carbonyl (C=O) groups is 2. The van der Waals surface area contributed by atoms with Crippen molar-refractivity contribution in [2.45, 2.75) is 6.92 Å². The first-order chi connectivity index (χ1) is 18.4. The van der Waals surface area contributed by atoms with Gasteiger partial charge in [-0.15, -0.1) is 0 Å². The molecule has 38 heavy (non-hydrogen) atoms. The molecule has 196 valence electrons. The van der Waals surface area contributed by atoms with Gasteiger partial charge in [-0.3, -0.25) is 14.9 Å². The van der Waals surface area contributed by atoms with Crippen molar-refractivity contribution in [2.24, 2.45) is 0 Å². The van der Waals surface area contributed by atoms with Crippen molar-refractivity contribution in [1.82, 2.24) is 10.2 Å². The first kappa shape index (κ1) is 27.2. The SMILES string of the molecule is CCOc1ccc(C(=O)NC(=S)Nc2ccc(N3CCN(C(=O)/C=C/c4ccccc4)CC3)cc2)cc1Cl. The van der Waals surface area contributed by atoms with Gasteiger partial charge in [-0.05, 0) is 73.2 Å². The van der Waals surface area contributed by atoms with Crippen LogP contribution in [0.15, 0.2) is 78.9 Å². The highest BCUT2D eigenvalue weighted by Gasteiger charge is 2.20. The molecule has 2 N–H and O–H groups in total. The molecule has 0 unspecified atom stereocenters. The van der Waals surface area contributed by atoms with E-state index in [0.29, 0.717) is 36.0 Å². The molecule has 1 heterocycles. The van der Waals surface area contributed by atoms with E-state index < -0.39 is 0 Å². The van der Waals surface area contributed by atoms with E-state index in [1.807, 2.05) is 72.5 Å². The number of carbonyl (C=O) groups excluding carboxylic acids is 2. The minimum Gasteiger partial charge on any atom is -0.492 e. The number of nitrogens with zero attached hydrogens (tertiary/aromatic N) is 2. The average Bonchev–Trinajstić information content (AvgIpc) is 2.94. The quantitative estimate of drug-likeness (QED) is 0.311. The Balaban J connectivity index is 1.25. The predicted octanol–water partition coefficient (Wildman–Crippen LogP) is 5.23. The second-order valence-electron chi connectivity index (χ2n) is 8.59. The second-order valence-corrected chi connectivity index (χ2v) is 9.41. The lowest BCUT2D eigenvalue weighted by Crippen LogP contribution is -2.48. The van der Waals surface area contributed by atoms with E-state index in [0.717, 1.165) is 30.0 Å². The van der Waals surface area contributed by atoms with Gasteiger partial charge in [0, 0.05) is 49.2 Å². The molecule has 1 aliphatic heterocycles. The Labute approximate surface area is 233 Å². The third-order valence-corrected chi connectivity index (χ3v) is 6.52. The van der Waals surface area contributed by atoms with E-state index >= 15 is 0 Å². The number of piperazine rings is 1. The molecule has 0 spiro atoms. The van der Waals surface area contributed by atoms with Crippen molar-refractivity contribution < 1.29 is 14.3 Å². The molecule has 3 aromatic rings. The van der Waals surface area contributed by atoms with Gasteiger partial charge in [0.15, 0.2) is 5.11 Å². The van der Waals surface area contributed by atoms with E-state index in [9.17, 15) is 9.59 Å². The number of halogens is 1. The van der Waals surface area contributed by atoms with Crippen LogP contribution in [0.3, 0.4) is 0 Å². The molecular weight excluding hydrogens is 520 g/mol. The summed E-state index contributed by atoms with van der Waals surface area (Å²) in [6.07, 6.45) is 3.48. The smallest absolute Gasteiger partial charge is 0.257 e. The number of thiocarbonyl (C=S) groups is 1. The summed E-state index contributed by atoms with van der Waals surface area (Å²) >= 11 is 11.5. The zero-order valence-corrected chi connectivity index (χ0v) is 22.6. The third-order valence-electron chi connectivity index (χ3n) is 6.02. The van der Waals surface area contributed by atoms with Gasteiger partial charge in [-0.2, -0.15) is 0 Å². The highest BCUT2D eigenvalue weighted by molar-refractivity contribution is 7.80. The standard InChI is InChI=1S/C29H29ClN4O3S/c1-2-37-26-14-9-22(20-25(26)30)28(36)32-29(38)31-23-10-12-24(13-11-23)33-16-18-34(19-17-33)27(35)15-8-21-6-4-3-5-7-21/h3-15,20H,2,16-19H2,1H3,(H2,31,32,36,38)/b15-8+. The topological polar surface area (TPSA) is 73.9 Å². The fraction of sp³-hybridized carbons (Fsp3) is 0.207. The number of hydrogen-bond donors (Lipinski definition) is 2. The van der Waals surface area contributed by atoms with E-state index in [2.05, 4.69) is 15.5 Å². The molecule has 9 heteroatoms. The fourth-order valence-corrected chi connectivity index (χ4v) is 4.48. The summed E-state index contributed by atoms with van der Waals surface area (Å²) in [4.78, 5) is 29.2. The molecule has 3 aromatic carbocycles. The molecule has 0 radical (unpaired) electrons. The number of amides is 2. The maximum atomic E-state index is 12.5. The third kappa shape index (κ3) is 7.34. The normalized spacial score (nSPS) is 13.3. The average molecular weight is 549 g/mol. The molecule has 7 nitrogen and oxygen atoms in total. The summed E-state index contributed by atoms with van der Waals surface area (Å²) < 4.78 is 5.40. The molecule has 0 atom stereocenters. The number of hydrogen-bond acceptors (Lipinski definition) is 5. The van der Waals surface area contributed by atoms with Crippen LogP contribution in [0.25, 0.3) is 6.08 Å². The van der Waals surface area contributed by atoms with Crippen LogP contribution in [0.4, 0.5) is 11.4 Å². The monoisotopic (exact) mass is 548 g/mol. The molecule has 0 aliphatic carbocycles. The predicted molar refractivity (Wildman–Crippen MR) is 157 cm³/mol. The summed E-state index contributed by atoms with van der Waals surface area (Å²) in [5, 5.41) is 6.24. The summed E-state index contributed by atoms with van der Waals surface area (Å²) in [6.45, 7) is 5.16. The number of rotatable bonds is 7. The molecule has 0 aromatic heterocycles. The van der Waals surface area contributed by atoms with Gasteiger partial charge in [0.25, 0.3) is 5.91 Å². The van der Waals surface area contributed by atoms with Crippen molar-refractivity contribution in [3.05, 3.63) is 95.0 Å². The molecule has 1 fully saturated rings. The molecule has 0 saturated carbocycles. The first-order valence-corrected chi connectivity index (χ1v) is 13.1. The maximum Gasteiger partial charge on any atom is 0.257 e. The molecular formula is C29H29ClN4O3S. The van der Waals surface area contributed by atoms with Crippen LogP contribution in [0.2, 0.25) is 5.02 Å². The van der Waals surface area contributed by atoms with E-state index in [-0.39, 0.29) is 16.9 Å². The van der Waals surface area contributed by atoms with E-state index in [4.69, 9.17) is 28.6 Å². The van der Waals surface area contributed by atoms with Gasteiger partial charge < -0.3 is 19.9 Å². The summed E-state index contributed by atoms with van der Waals surface area (Å²) in [5.41, 5.74) is 3.20. The van der Waals surface area contributed by atoms with Crippen molar-refractivity contribution in [1.29, 1.82) is 0 Å². The van der Waals surface area contributed by atoms with Crippen LogP contribution in [-0.4, -0.2) is 54.6 Å². The second kappa shape index (κ2) is 13.1. The Morgan fingerprint density at radius 2 is 1.71 bits per heavy atom. The molecule has 4 rings (SSSR count). The lowest BCUT2D eigenvalue weighted by atomic mass is 10.2. The highest BCUT2D eigenvalue weighted by atomic mass is 35.5. The summed E-state index contributed by atoms with van der Waals surface area (Å²) in [5.74, 6) is 0.186. The number of benzene rings is 3. The van der Waals surface area contributed by atoms with E-state index in [1.54, 1.807) is 24.3 Å². The molecule has 2 amide bonds. The first-order valence-electron chi connectivity index (χ1n) is 12.3. The van der Waals surface area contributed by atoms with E-state index in [1.165, 1.54) is 0 Å². The van der Waals surface area contributed by atoms with Gasteiger partial charge >= 0.3 is 0 Å². The molecule has 1 saturated heterocycles. The lowest BCUT2D eigenvalue weighted by Gasteiger charge is -2.35. The maximum absolute atomic E-state index is 12.5. The van der Waals surface area contributed by atoms with Gasteiger partial charge in [-0.25, -0.2) is 0 Å². The Morgan fingerprint density at radius 3 is 2.37 bits per heavy atom. The van der Waals surface area contributed by atoms with Crippen molar-refractivity contribution in [3.8, 4) is 5.75 Å². The van der Waals surface area contributed by atoms with Gasteiger partial charge in [0.05, 0.1) is 11.6 Å². The largest absolute Gasteiger partial charge is 0.492 e. The lowest BCUT2D eigenvalue weighted by molar-refractivity contribution is -0.126. The number of ether oxygens (including phenoxy) is 1. The summed E-state index contributed by atoms with van der Waals surface area (Å²) in [6, 6.07) is 22.4. The van der Waals surface area contributed by atoms with Gasteiger partial charge in [-0.1, -0.05) is 41.9 Å².